The Labute approximate surface area is 119 Å². The van der Waals surface area contributed by atoms with E-state index < -0.39 is 14.9 Å². The van der Waals surface area contributed by atoms with E-state index in [0.717, 1.165) is 0 Å². The number of halogens is 1. The van der Waals surface area contributed by atoms with Crippen LogP contribution in [0.25, 0.3) is 0 Å². The second-order valence-electron chi connectivity index (χ2n) is 3.79. The number of nitrogens with two attached hydrogens (primary N) is 1. The Morgan fingerprint density at radius 3 is 2.63 bits per heavy atom. The zero-order valence-electron chi connectivity index (χ0n) is 9.91. The number of benzene rings is 1. The minimum atomic E-state index is -3.47. The molecule has 9 heteroatoms. The van der Waals surface area contributed by atoms with Crippen molar-refractivity contribution in [1.82, 2.24) is 0 Å². The highest BCUT2D eigenvalue weighted by atomic mass is 79.9. The van der Waals surface area contributed by atoms with Gasteiger partial charge in [0, 0.05) is 10.5 Å². The number of unbranched alkanes of at least 4 members (excludes halogenated alkanes) is 1. The molecule has 0 aliphatic rings. The third-order valence-electron chi connectivity index (χ3n) is 2.20. The molecule has 0 aliphatic carbocycles. The van der Waals surface area contributed by atoms with E-state index in [1.807, 2.05) is 0 Å². The Hall–Kier alpha value is -1.19. The van der Waals surface area contributed by atoms with Crippen LogP contribution >= 0.6 is 15.9 Å². The topological polar surface area (TPSA) is 113 Å². The fraction of sp³-hybridized carbons (Fsp3) is 0.400. The van der Waals surface area contributed by atoms with Crippen LogP contribution in [0.5, 0.6) is 5.75 Å². The molecule has 0 aliphatic heterocycles. The van der Waals surface area contributed by atoms with Gasteiger partial charge in [-0.2, -0.15) is 0 Å². The van der Waals surface area contributed by atoms with Crippen LogP contribution in [0.15, 0.2) is 22.7 Å². The first kappa shape index (κ1) is 15.9. The van der Waals surface area contributed by atoms with E-state index >= 15 is 0 Å². The van der Waals surface area contributed by atoms with Gasteiger partial charge >= 0.3 is 5.69 Å². The summed E-state index contributed by atoms with van der Waals surface area (Å²) in [7, 11) is -3.47. The summed E-state index contributed by atoms with van der Waals surface area (Å²) >= 11 is 3.14. The highest BCUT2D eigenvalue weighted by Crippen LogP contribution is 2.30. The molecule has 1 rings (SSSR count). The van der Waals surface area contributed by atoms with E-state index in [9.17, 15) is 18.5 Å². The lowest BCUT2D eigenvalue weighted by atomic mass is 10.3. The molecule has 0 spiro atoms. The van der Waals surface area contributed by atoms with Gasteiger partial charge in [0.15, 0.2) is 5.75 Å². The molecule has 0 unspecified atom stereocenters. The van der Waals surface area contributed by atoms with Gasteiger partial charge in [-0.15, -0.1) is 0 Å². The van der Waals surface area contributed by atoms with E-state index in [-0.39, 0.29) is 23.8 Å². The van der Waals surface area contributed by atoms with Crippen LogP contribution in [0.1, 0.15) is 12.8 Å². The molecule has 0 saturated carbocycles. The monoisotopic (exact) mass is 352 g/mol. The molecule has 0 heterocycles. The predicted octanol–water partition coefficient (Wildman–Crippen LogP) is 1.80. The average Bonchev–Trinajstić information content (AvgIpc) is 2.28. The summed E-state index contributed by atoms with van der Waals surface area (Å²) in [6, 6.07) is 4.47. The first-order valence-corrected chi connectivity index (χ1v) is 7.87. The lowest BCUT2D eigenvalue weighted by Crippen LogP contribution is -2.16. The van der Waals surface area contributed by atoms with Crippen molar-refractivity contribution in [3.63, 3.8) is 0 Å². The van der Waals surface area contributed by atoms with Gasteiger partial charge in [-0.05, 0) is 25.0 Å². The van der Waals surface area contributed by atoms with Crippen LogP contribution in [-0.4, -0.2) is 25.7 Å². The standard InChI is InChI=1S/C10H13BrN2O5S/c11-8-3-4-10(9(7-8)13(14)15)18-5-1-2-6-19(12,16)17/h3-4,7H,1-2,5-6H2,(H2,12,16,17). The van der Waals surface area contributed by atoms with Crippen molar-refractivity contribution < 1.29 is 18.1 Å². The maximum Gasteiger partial charge on any atom is 0.312 e. The van der Waals surface area contributed by atoms with E-state index in [1.165, 1.54) is 12.1 Å². The van der Waals surface area contributed by atoms with Crippen molar-refractivity contribution >= 4 is 31.6 Å². The lowest BCUT2D eigenvalue weighted by Gasteiger charge is -2.06. The van der Waals surface area contributed by atoms with Gasteiger partial charge in [-0.25, -0.2) is 13.6 Å². The smallest absolute Gasteiger partial charge is 0.312 e. The zero-order valence-corrected chi connectivity index (χ0v) is 12.3. The van der Waals surface area contributed by atoms with Gasteiger partial charge in [-0.3, -0.25) is 10.1 Å². The van der Waals surface area contributed by atoms with Crippen molar-refractivity contribution in [2.75, 3.05) is 12.4 Å². The van der Waals surface area contributed by atoms with Crippen molar-refractivity contribution in [3.05, 3.63) is 32.8 Å². The first-order valence-electron chi connectivity index (χ1n) is 5.37. The molecular formula is C10H13BrN2O5S. The van der Waals surface area contributed by atoms with Crippen LogP contribution in [0.4, 0.5) is 5.69 Å². The molecule has 106 valence electrons. The van der Waals surface area contributed by atoms with Crippen molar-refractivity contribution in [1.29, 1.82) is 0 Å². The molecule has 1 aromatic carbocycles. The van der Waals surface area contributed by atoms with Gasteiger partial charge in [0.05, 0.1) is 17.3 Å². The van der Waals surface area contributed by atoms with Crippen molar-refractivity contribution in [3.8, 4) is 5.75 Å². The normalized spacial score (nSPS) is 11.3. The average molecular weight is 353 g/mol. The number of primary sulfonamides is 1. The Morgan fingerprint density at radius 2 is 2.05 bits per heavy atom. The fourth-order valence-electron chi connectivity index (χ4n) is 1.34. The maximum atomic E-state index is 10.8. The number of hydrogen-bond donors (Lipinski definition) is 1. The van der Waals surface area contributed by atoms with Crippen LogP contribution in [0.2, 0.25) is 0 Å². The molecule has 0 bridgehead atoms. The van der Waals surface area contributed by atoms with E-state index in [2.05, 4.69) is 15.9 Å². The van der Waals surface area contributed by atoms with E-state index in [1.54, 1.807) is 6.07 Å². The molecule has 1 aromatic rings. The predicted molar refractivity (Wildman–Crippen MR) is 73.5 cm³/mol. The number of ether oxygens (including phenoxy) is 1. The van der Waals surface area contributed by atoms with Crippen molar-refractivity contribution in [2.24, 2.45) is 5.14 Å². The molecule has 0 atom stereocenters. The molecule has 0 aromatic heterocycles. The summed E-state index contributed by atoms with van der Waals surface area (Å²) in [5.74, 6) is 0.0301. The summed E-state index contributed by atoms with van der Waals surface area (Å²) in [6.45, 7) is 0.192. The van der Waals surface area contributed by atoms with Gasteiger partial charge < -0.3 is 4.74 Å². The van der Waals surface area contributed by atoms with E-state index in [0.29, 0.717) is 17.3 Å². The molecule has 0 saturated heterocycles. The van der Waals surface area contributed by atoms with Crippen molar-refractivity contribution in [2.45, 2.75) is 12.8 Å². The molecule has 0 fully saturated rings. The highest BCUT2D eigenvalue weighted by molar-refractivity contribution is 9.10. The second kappa shape index (κ2) is 6.83. The third kappa shape index (κ3) is 5.99. The molecular weight excluding hydrogens is 340 g/mol. The summed E-state index contributed by atoms with van der Waals surface area (Å²) in [5, 5.41) is 15.6. The fourth-order valence-corrected chi connectivity index (χ4v) is 2.30. The number of rotatable bonds is 7. The second-order valence-corrected chi connectivity index (χ2v) is 6.44. The lowest BCUT2D eigenvalue weighted by molar-refractivity contribution is -0.385. The first-order chi connectivity index (χ1) is 8.79. The van der Waals surface area contributed by atoms with Crippen LogP contribution in [-0.2, 0) is 10.0 Å². The summed E-state index contributed by atoms with van der Waals surface area (Å²) in [6.07, 6.45) is 0.798. The quantitative estimate of drug-likeness (QED) is 0.456. The number of nitro groups is 1. The SMILES string of the molecule is NS(=O)(=O)CCCCOc1ccc(Br)cc1[N+](=O)[O-]. The highest BCUT2D eigenvalue weighted by Gasteiger charge is 2.15. The van der Waals surface area contributed by atoms with Gasteiger partial charge in [0.1, 0.15) is 0 Å². The molecule has 0 amide bonds. The zero-order chi connectivity index (χ0) is 14.5. The van der Waals surface area contributed by atoms with Crippen LogP contribution in [0, 0.1) is 10.1 Å². The van der Waals surface area contributed by atoms with Gasteiger partial charge in [0.2, 0.25) is 10.0 Å². The Bertz CT molecular complexity index is 561. The molecule has 19 heavy (non-hydrogen) atoms. The van der Waals surface area contributed by atoms with Crippen LogP contribution < -0.4 is 9.88 Å². The Kier molecular flexibility index (Phi) is 5.70. The number of hydrogen-bond acceptors (Lipinski definition) is 5. The molecule has 2 N–H and O–H groups in total. The summed E-state index contributed by atoms with van der Waals surface area (Å²) in [5.41, 5.74) is -0.138. The van der Waals surface area contributed by atoms with E-state index in [4.69, 9.17) is 9.88 Å². The van der Waals surface area contributed by atoms with Gasteiger partial charge in [-0.1, -0.05) is 15.9 Å². The number of nitrogens with zero attached hydrogens (tertiary/aromatic N) is 1. The van der Waals surface area contributed by atoms with Crippen LogP contribution in [0.3, 0.4) is 0 Å². The molecule has 0 radical (unpaired) electrons. The summed E-state index contributed by atoms with van der Waals surface area (Å²) < 4.78 is 27.2. The minimum Gasteiger partial charge on any atom is -0.487 e. The summed E-state index contributed by atoms with van der Waals surface area (Å²) in [4.78, 5) is 10.3. The maximum absolute atomic E-state index is 10.8. The Morgan fingerprint density at radius 1 is 1.37 bits per heavy atom. The third-order valence-corrected chi connectivity index (χ3v) is 3.55. The minimum absolute atomic E-state index is 0.126. The van der Waals surface area contributed by atoms with Gasteiger partial charge in [0.25, 0.3) is 0 Å². The number of nitro benzene ring substituents is 1. The molecule has 7 nitrogen and oxygen atoms in total. The largest absolute Gasteiger partial charge is 0.487 e. The Balaban J connectivity index is 2.52. The number of sulfonamides is 1.